The van der Waals surface area contributed by atoms with Crippen molar-refractivity contribution in [2.75, 3.05) is 6.61 Å². The Bertz CT molecular complexity index is 1710. The minimum absolute atomic E-state index is 0.00328. The zero-order valence-electron chi connectivity index (χ0n) is 21.1. The highest BCUT2D eigenvalue weighted by atomic mass is 19.4. The number of nitriles is 1. The number of ether oxygens (including phenoxy) is 1. The Kier molecular flexibility index (Phi) is 7.27. The van der Waals surface area contributed by atoms with Crippen molar-refractivity contribution in [1.82, 2.24) is 18.9 Å². The minimum atomic E-state index is -4.67. The first-order chi connectivity index (χ1) is 18.4. The molecular formula is C27H22F3N5O4. The van der Waals surface area contributed by atoms with E-state index in [9.17, 15) is 27.6 Å². The van der Waals surface area contributed by atoms with Crippen LogP contribution in [0.15, 0.2) is 70.4 Å². The Morgan fingerprint density at radius 2 is 1.79 bits per heavy atom. The lowest BCUT2D eigenvalue weighted by Crippen LogP contribution is -2.44. The quantitative estimate of drug-likeness (QED) is 0.341. The SMILES string of the molecule is CC(=O)OC[C@@H](C)n1c(=O)c(-c2ccnn2-c2ccc(C#N)cc2)c(C)n(-c2cccc(C(F)(F)F)c2)c1=O. The Morgan fingerprint density at radius 3 is 2.41 bits per heavy atom. The molecule has 0 aliphatic rings. The molecule has 4 rings (SSSR count). The number of benzene rings is 2. The molecule has 2 aromatic carbocycles. The number of halogens is 3. The maximum Gasteiger partial charge on any atom is 0.416 e. The number of rotatable bonds is 6. The third-order valence-electron chi connectivity index (χ3n) is 6.07. The number of hydrogen-bond acceptors (Lipinski definition) is 6. The Hall–Kier alpha value is -4.92. The van der Waals surface area contributed by atoms with Gasteiger partial charge in [0.05, 0.1) is 52.1 Å². The molecule has 0 fully saturated rings. The molecule has 200 valence electrons. The zero-order valence-corrected chi connectivity index (χ0v) is 21.1. The van der Waals surface area contributed by atoms with E-state index in [1.807, 2.05) is 6.07 Å². The fraction of sp³-hybridized carbons (Fsp3) is 0.222. The normalized spacial score (nSPS) is 12.1. The van der Waals surface area contributed by atoms with Gasteiger partial charge in [-0.25, -0.2) is 9.48 Å². The van der Waals surface area contributed by atoms with E-state index in [2.05, 4.69) is 5.10 Å². The van der Waals surface area contributed by atoms with Crippen molar-refractivity contribution in [2.24, 2.45) is 0 Å². The summed E-state index contributed by atoms with van der Waals surface area (Å²) in [4.78, 5) is 38.9. The van der Waals surface area contributed by atoms with Crippen LogP contribution in [-0.4, -0.2) is 31.5 Å². The van der Waals surface area contributed by atoms with Crippen LogP contribution in [-0.2, 0) is 15.7 Å². The summed E-state index contributed by atoms with van der Waals surface area (Å²) in [6.45, 7) is 3.80. The van der Waals surface area contributed by atoms with Crippen LogP contribution >= 0.6 is 0 Å². The van der Waals surface area contributed by atoms with Gasteiger partial charge in [0.1, 0.15) is 6.61 Å². The molecule has 0 amide bonds. The Balaban J connectivity index is 2.03. The molecule has 12 heteroatoms. The molecule has 1 atom stereocenters. The molecule has 2 heterocycles. The third kappa shape index (κ3) is 5.24. The number of aromatic nitrogens is 4. The molecule has 4 aromatic rings. The minimum Gasteiger partial charge on any atom is -0.464 e. The summed E-state index contributed by atoms with van der Waals surface area (Å²) in [6.07, 6.45) is -3.24. The van der Waals surface area contributed by atoms with Crippen LogP contribution in [0.5, 0.6) is 0 Å². The van der Waals surface area contributed by atoms with E-state index < -0.39 is 35.0 Å². The van der Waals surface area contributed by atoms with Gasteiger partial charge in [-0.3, -0.25) is 18.7 Å². The van der Waals surface area contributed by atoms with Crippen molar-refractivity contribution in [3.05, 3.63) is 98.5 Å². The second-order valence-electron chi connectivity index (χ2n) is 8.74. The smallest absolute Gasteiger partial charge is 0.416 e. The summed E-state index contributed by atoms with van der Waals surface area (Å²) in [5.41, 5.74) is -1.46. The predicted octanol–water partition coefficient (Wildman–Crippen LogP) is 4.17. The highest BCUT2D eigenvalue weighted by Gasteiger charge is 2.31. The van der Waals surface area contributed by atoms with E-state index in [0.717, 1.165) is 21.3 Å². The van der Waals surface area contributed by atoms with Gasteiger partial charge < -0.3 is 4.74 Å². The molecule has 0 aliphatic carbocycles. The summed E-state index contributed by atoms with van der Waals surface area (Å²) < 4.78 is 48.8. The number of esters is 1. The van der Waals surface area contributed by atoms with Gasteiger partial charge in [0.15, 0.2) is 0 Å². The first kappa shape index (κ1) is 27.1. The van der Waals surface area contributed by atoms with Gasteiger partial charge in [0.25, 0.3) is 5.56 Å². The van der Waals surface area contributed by atoms with Crippen LogP contribution in [0.1, 0.15) is 36.7 Å². The Morgan fingerprint density at radius 1 is 1.10 bits per heavy atom. The molecular weight excluding hydrogens is 515 g/mol. The first-order valence-electron chi connectivity index (χ1n) is 11.7. The summed E-state index contributed by atoms with van der Waals surface area (Å²) >= 11 is 0. The number of carbonyl (C=O) groups is 1. The average Bonchev–Trinajstić information content (AvgIpc) is 3.36. The van der Waals surface area contributed by atoms with E-state index in [-0.39, 0.29) is 29.2 Å². The maximum atomic E-state index is 13.8. The Labute approximate surface area is 219 Å². The summed E-state index contributed by atoms with van der Waals surface area (Å²) in [5.74, 6) is -0.626. The standard InChI is InChI=1S/C27H22F3N5O4/c1-16(15-39-18(3)36)33-25(37)24(23-11-12-32-35(23)21-9-7-19(14-31)8-10-21)17(2)34(26(33)38)22-6-4-5-20(13-22)27(28,29)30/h4-13,16H,15H2,1-3H3/t16-/m1/s1. The topological polar surface area (TPSA) is 112 Å². The van der Waals surface area contributed by atoms with Gasteiger partial charge in [-0.15, -0.1) is 0 Å². The molecule has 9 nitrogen and oxygen atoms in total. The van der Waals surface area contributed by atoms with Gasteiger partial charge in [0.2, 0.25) is 0 Å². The first-order valence-corrected chi connectivity index (χ1v) is 11.7. The lowest BCUT2D eigenvalue weighted by atomic mass is 10.1. The molecule has 0 saturated heterocycles. The number of carbonyl (C=O) groups excluding carboxylic acids is 1. The van der Waals surface area contributed by atoms with E-state index in [0.29, 0.717) is 11.3 Å². The molecule has 0 unspecified atom stereocenters. The average molecular weight is 537 g/mol. The largest absolute Gasteiger partial charge is 0.464 e. The molecule has 39 heavy (non-hydrogen) atoms. The summed E-state index contributed by atoms with van der Waals surface area (Å²) in [5, 5.41) is 13.4. The molecule has 0 aliphatic heterocycles. The van der Waals surface area contributed by atoms with Crippen LogP contribution < -0.4 is 11.2 Å². The molecule has 0 spiro atoms. The lowest BCUT2D eigenvalue weighted by molar-refractivity contribution is -0.142. The van der Waals surface area contributed by atoms with Crippen LogP contribution in [0, 0.1) is 18.3 Å². The van der Waals surface area contributed by atoms with Crippen molar-refractivity contribution >= 4 is 5.97 Å². The van der Waals surface area contributed by atoms with E-state index >= 15 is 0 Å². The summed E-state index contributed by atoms with van der Waals surface area (Å²) in [6, 6.07) is 13.2. The van der Waals surface area contributed by atoms with Crippen LogP contribution in [0.4, 0.5) is 13.2 Å². The molecule has 0 radical (unpaired) electrons. The van der Waals surface area contributed by atoms with Crippen LogP contribution in [0.25, 0.3) is 22.6 Å². The van der Waals surface area contributed by atoms with Gasteiger partial charge in [0, 0.05) is 12.6 Å². The fourth-order valence-electron chi connectivity index (χ4n) is 4.22. The van der Waals surface area contributed by atoms with E-state index in [4.69, 9.17) is 10.00 Å². The highest BCUT2D eigenvalue weighted by Crippen LogP contribution is 2.31. The van der Waals surface area contributed by atoms with Crippen molar-refractivity contribution < 1.29 is 22.7 Å². The van der Waals surface area contributed by atoms with E-state index in [1.165, 1.54) is 49.8 Å². The van der Waals surface area contributed by atoms with Crippen LogP contribution in [0.3, 0.4) is 0 Å². The second-order valence-corrected chi connectivity index (χ2v) is 8.74. The maximum absolute atomic E-state index is 13.8. The number of hydrogen-bond donors (Lipinski definition) is 0. The molecule has 0 saturated carbocycles. The zero-order chi connectivity index (χ0) is 28.5. The second kappa shape index (κ2) is 10.4. The monoisotopic (exact) mass is 537 g/mol. The third-order valence-corrected chi connectivity index (χ3v) is 6.07. The fourth-order valence-corrected chi connectivity index (χ4v) is 4.22. The summed E-state index contributed by atoms with van der Waals surface area (Å²) in [7, 11) is 0. The molecule has 0 bridgehead atoms. The van der Waals surface area contributed by atoms with Crippen molar-refractivity contribution in [3.63, 3.8) is 0 Å². The van der Waals surface area contributed by atoms with Crippen molar-refractivity contribution in [2.45, 2.75) is 33.0 Å². The number of nitrogens with zero attached hydrogens (tertiary/aromatic N) is 5. The van der Waals surface area contributed by atoms with Gasteiger partial charge in [-0.1, -0.05) is 6.07 Å². The van der Waals surface area contributed by atoms with Crippen LogP contribution in [0.2, 0.25) is 0 Å². The van der Waals surface area contributed by atoms with Gasteiger partial charge >= 0.3 is 17.8 Å². The predicted molar refractivity (Wildman–Crippen MR) is 135 cm³/mol. The highest BCUT2D eigenvalue weighted by molar-refractivity contribution is 5.66. The van der Waals surface area contributed by atoms with Crippen molar-refractivity contribution in [1.29, 1.82) is 5.26 Å². The van der Waals surface area contributed by atoms with Gasteiger partial charge in [-0.05, 0) is 62.4 Å². The van der Waals surface area contributed by atoms with Gasteiger partial charge in [-0.2, -0.15) is 23.5 Å². The molecule has 0 N–H and O–H groups in total. The van der Waals surface area contributed by atoms with Crippen molar-refractivity contribution in [3.8, 4) is 28.7 Å². The number of alkyl halides is 3. The van der Waals surface area contributed by atoms with E-state index in [1.54, 1.807) is 24.3 Å². The molecule has 2 aromatic heterocycles. The lowest BCUT2D eigenvalue weighted by Gasteiger charge is -2.21.